The Labute approximate surface area is 193 Å². The number of aliphatic imine (C=N–C) groups is 1. The fourth-order valence-corrected chi connectivity index (χ4v) is 3.79. The van der Waals surface area contributed by atoms with E-state index in [1.165, 1.54) is 5.56 Å². The zero-order valence-corrected chi connectivity index (χ0v) is 20.8. The Balaban J connectivity index is 0.00000420. The molecular weight excluding hydrogens is 477 g/mol. The lowest BCUT2D eigenvalue weighted by Gasteiger charge is -2.30. The summed E-state index contributed by atoms with van der Waals surface area (Å²) < 4.78 is 0. The Morgan fingerprint density at radius 3 is 2.55 bits per heavy atom. The molecule has 0 aliphatic carbocycles. The highest BCUT2D eigenvalue weighted by Crippen LogP contribution is 2.31. The average molecular weight is 515 g/mol. The second kappa shape index (κ2) is 13.1. The van der Waals surface area contributed by atoms with Crippen LogP contribution < -0.4 is 16.0 Å². The number of benzene rings is 1. The van der Waals surface area contributed by atoms with Gasteiger partial charge in [-0.15, -0.1) is 24.0 Å². The van der Waals surface area contributed by atoms with E-state index in [4.69, 9.17) is 4.99 Å². The van der Waals surface area contributed by atoms with Gasteiger partial charge in [0.15, 0.2) is 5.96 Å². The lowest BCUT2D eigenvalue weighted by atomic mass is 9.91. The van der Waals surface area contributed by atoms with Crippen molar-refractivity contribution in [2.45, 2.75) is 65.5 Å². The minimum absolute atomic E-state index is 0. The van der Waals surface area contributed by atoms with Crippen LogP contribution in [0.25, 0.3) is 0 Å². The molecule has 29 heavy (non-hydrogen) atoms. The second-order valence-electron chi connectivity index (χ2n) is 7.96. The Kier molecular flexibility index (Phi) is 11.6. The first-order valence-corrected chi connectivity index (χ1v) is 10.6. The van der Waals surface area contributed by atoms with Crippen LogP contribution in [0.2, 0.25) is 0 Å². The normalized spacial score (nSPS) is 16.5. The summed E-state index contributed by atoms with van der Waals surface area (Å²) in [4.78, 5) is 19.3. The largest absolute Gasteiger partial charge is 0.357 e. The monoisotopic (exact) mass is 515 g/mol. The maximum Gasteiger partial charge on any atom is 0.225 e. The van der Waals surface area contributed by atoms with E-state index in [9.17, 15) is 4.79 Å². The Hall–Kier alpha value is -1.35. The number of nitrogens with one attached hydrogen (secondary N) is 3. The van der Waals surface area contributed by atoms with E-state index < -0.39 is 0 Å². The lowest BCUT2D eigenvalue weighted by Crippen LogP contribution is -2.41. The van der Waals surface area contributed by atoms with Crippen molar-refractivity contribution >= 4 is 41.5 Å². The van der Waals surface area contributed by atoms with Gasteiger partial charge < -0.3 is 16.0 Å². The first kappa shape index (κ1) is 25.7. The second-order valence-corrected chi connectivity index (χ2v) is 7.96. The zero-order chi connectivity index (χ0) is 20.5. The van der Waals surface area contributed by atoms with Crippen molar-refractivity contribution in [3.8, 4) is 0 Å². The fraction of sp³-hybridized carbons (Fsp3) is 0.636. The van der Waals surface area contributed by atoms with E-state index in [2.05, 4.69) is 61.5 Å². The summed E-state index contributed by atoms with van der Waals surface area (Å²) in [6, 6.07) is 9.13. The molecule has 0 saturated carbocycles. The molecule has 7 heteroatoms. The number of fused-ring (bicyclic) bond motifs is 1. The summed E-state index contributed by atoms with van der Waals surface area (Å²) in [6.45, 7) is 14.4. The van der Waals surface area contributed by atoms with Gasteiger partial charge in [-0.25, -0.2) is 0 Å². The molecule has 1 unspecified atom stereocenters. The van der Waals surface area contributed by atoms with Gasteiger partial charge in [0, 0.05) is 49.7 Å². The van der Waals surface area contributed by atoms with E-state index in [1.807, 2.05) is 18.2 Å². The summed E-state index contributed by atoms with van der Waals surface area (Å²) in [5.74, 6) is 1.02. The van der Waals surface area contributed by atoms with Gasteiger partial charge in [-0.1, -0.05) is 18.2 Å². The number of carbonyl (C=O) groups excluding carboxylic acids is 1. The average Bonchev–Trinajstić information content (AvgIpc) is 2.64. The highest BCUT2D eigenvalue weighted by atomic mass is 127. The van der Waals surface area contributed by atoms with Crippen LogP contribution in [0.4, 0.5) is 5.69 Å². The molecule has 0 saturated heterocycles. The quantitative estimate of drug-likeness (QED) is 0.203. The molecule has 0 radical (unpaired) electrons. The molecule has 164 valence electrons. The van der Waals surface area contributed by atoms with Crippen molar-refractivity contribution in [3.05, 3.63) is 29.8 Å². The van der Waals surface area contributed by atoms with Crippen molar-refractivity contribution in [3.63, 3.8) is 0 Å². The molecule has 3 N–H and O–H groups in total. The number of nitrogens with zero attached hydrogens (tertiary/aromatic N) is 2. The maximum atomic E-state index is 12.0. The van der Waals surface area contributed by atoms with Crippen molar-refractivity contribution in [1.82, 2.24) is 15.5 Å². The van der Waals surface area contributed by atoms with E-state index >= 15 is 0 Å². The third kappa shape index (κ3) is 8.12. The van der Waals surface area contributed by atoms with Gasteiger partial charge in [0.2, 0.25) is 5.91 Å². The summed E-state index contributed by atoms with van der Waals surface area (Å²) in [5, 5.41) is 9.71. The number of hydrogen-bond donors (Lipinski definition) is 3. The highest BCUT2D eigenvalue weighted by molar-refractivity contribution is 14.0. The smallest absolute Gasteiger partial charge is 0.225 e. The zero-order valence-electron chi connectivity index (χ0n) is 18.5. The van der Waals surface area contributed by atoms with Crippen LogP contribution in [0.5, 0.6) is 0 Å². The van der Waals surface area contributed by atoms with Crippen molar-refractivity contribution in [1.29, 1.82) is 0 Å². The standard InChI is InChI=1S/C22H37N5O.HI/c1-6-23-22(24-12-9-13-27(16(2)3)17(4)5)25-15-18-14-21(28)26-20-11-8-7-10-19(18)20;/h7-8,10-11,16-18H,6,9,12-15H2,1-5H3,(H,26,28)(H2,23,24,25);1H. The molecule has 1 aromatic rings. The van der Waals surface area contributed by atoms with Gasteiger partial charge in [0.25, 0.3) is 0 Å². The SMILES string of the molecule is CCNC(=NCC1CC(=O)Nc2ccccc21)NCCCN(C(C)C)C(C)C.I. The Bertz CT molecular complexity index is 654. The van der Waals surface area contributed by atoms with Gasteiger partial charge in [-0.05, 0) is 52.7 Å². The summed E-state index contributed by atoms with van der Waals surface area (Å²) >= 11 is 0. The molecule has 6 nitrogen and oxygen atoms in total. The van der Waals surface area contributed by atoms with Crippen molar-refractivity contribution in [2.75, 3.05) is 31.5 Å². The predicted octanol–water partition coefficient (Wildman–Crippen LogP) is 3.79. The van der Waals surface area contributed by atoms with Gasteiger partial charge in [0.1, 0.15) is 0 Å². The van der Waals surface area contributed by atoms with Crippen molar-refractivity contribution in [2.24, 2.45) is 4.99 Å². The molecule has 2 rings (SSSR count). The lowest BCUT2D eigenvalue weighted by molar-refractivity contribution is -0.116. The van der Waals surface area contributed by atoms with Crippen LogP contribution in [-0.2, 0) is 4.79 Å². The molecule has 1 atom stereocenters. The molecule has 0 bridgehead atoms. The number of para-hydroxylation sites is 1. The first-order valence-electron chi connectivity index (χ1n) is 10.6. The number of hydrogen-bond acceptors (Lipinski definition) is 3. The highest BCUT2D eigenvalue weighted by Gasteiger charge is 2.24. The fourth-order valence-electron chi connectivity index (χ4n) is 3.79. The molecule has 1 aromatic carbocycles. The minimum atomic E-state index is 0. The Morgan fingerprint density at radius 2 is 1.90 bits per heavy atom. The number of guanidine groups is 1. The molecular formula is C22H38IN5O. The molecule has 0 fully saturated rings. The van der Waals surface area contributed by atoms with Crippen LogP contribution in [-0.4, -0.2) is 55.0 Å². The predicted molar refractivity (Wildman–Crippen MR) is 133 cm³/mol. The molecule has 1 amide bonds. The van der Waals surface area contributed by atoms with Crippen LogP contribution in [0.3, 0.4) is 0 Å². The number of carbonyl (C=O) groups is 1. The number of anilines is 1. The summed E-state index contributed by atoms with van der Waals surface area (Å²) in [6.07, 6.45) is 1.55. The molecule has 1 aliphatic heterocycles. The molecule has 1 aliphatic rings. The topological polar surface area (TPSA) is 68.8 Å². The third-order valence-electron chi connectivity index (χ3n) is 5.13. The van der Waals surface area contributed by atoms with E-state index in [0.29, 0.717) is 25.0 Å². The van der Waals surface area contributed by atoms with Crippen LogP contribution in [0.1, 0.15) is 58.9 Å². The van der Waals surface area contributed by atoms with Crippen LogP contribution in [0.15, 0.2) is 29.3 Å². The van der Waals surface area contributed by atoms with Crippen LogP contribution >= 0.6 is 24.0 Å². The number of rotatable bonds is 9. The number of halogens is 1. The van der Waals surface area contributed by atoms with Gasteiger partial charge >= 0.3 is 0 Å². The van der Waals surface area contributed by atoms with Crippen molar-refractivity contribution < 1.29 is 4.79 Å². The van der Waals surface area contributed by atoms with Gasteiger partial charge in [0.05, 0.1) is 6.54 Å². The van der Waals surface area contributed by atoms with Gasteiger partial charge in [-0.3, -0.25) is 14.7 Å². The first-order chi connectivity index (χ1) is 13.4. The van der Waals surface area contributed by atoms with E-state index in [1.54, 1.807) is 0 Å². The molecule has 1 heterocycles. The van der Waals surface area contributed by atoms with Gasteiger partial charge in [-0.2, -0.15) is 0 Å². The van der Waals surface area contributed by atoms with Crippen LogP contribution in [0, 0.1) is 0 Å². The number of amides is 1. The maximum absolute atomic E-state index is 12.0. The van der Waals surface area contributed by atoms with E-state index in [0.717, 1.165) is 37.7 Å². The summed E-state index contributed by atoms with van der Waals surface area (Å²) in [7, 11) is 0. The summed E-state index contributed by atoms with van der Waals surface area (Å²) in [5.41, 5.74) is 2.09. The Morgan fingerprint density at radius 1 is 1.21 bits per heavy atom. The van der Waals surface area contributed by atoms with E-state index in [-0.39, 0.29) is 35.8 Å². The molecule has 0 aromatic heterocycles. The molecule has 0 spiro atoms. The minimum Gasteiger partial charge on any atom is -0.357 e. The third-order valence-corrected chi connectivity index (χ3v) is 5.13.